The van der Waals surface area contributed by atoms with E-state index in [1.807, 2.05) is 13.8 Å². The van der Waals surface area contributed by atoms with E-state index < -0.39 is 0 Å². The van der Waals surface area contributed by atoms with Crippen LogP contribution in [0.2, 0.25) is 0 Å². The lowest BCUT2D eigenvalue weighted by Crippen LogP contribution is -2.43. The number of nitrogen functional groups attached to an aromatic ring is 1. The number of fused-ring (bicyclic) bond motifs is 1. The number of nitrogens with zero attached hydrogens (tertiary/aromatic N) is 1. The van der Waals surface area contributed by atoms with Gasteiger partial charge in [0.1, 0.15) is 0 Å². The van der Waals surface area contributed by atoms with Crippen LogP contribution in [0.5, 0.6) is 5.75 Å². The van der Waals surface area contributed by atoms with Gasteiger partial charge in [-0.3, -0.25) is 0 Å². The summed E-state index contributed by atoms with van der Waals surface area (Å²) in [4.78, 5) is 2.39. The molecule has 2 unspecified atom stereocenters. The van der Waals surface area contributed by atoms with Crippen LogP contribution in [-0.4, -0.2) is 18.7 Å². The van der Waals surface area contributed by atoms with Gasteiger partial charge in [-0.05, 0) is 45.4 Å². The van der Waals surface area contributed by atoms with Crippen molar-refractivity contribution in [1.82, 2.24) is 0 Å². The first-order chi connectivity index (χ1) is 10.1. The summed E-state index contributed by atoms with van der Waals surface area (Å²) in [6, 6.07) is 3.77. The van der Waals surface area contributed by atoms with E-state index in [0.29, 0.717) is 17.5 Å². The number of anilines is 2. The van der Waals surface area contributed by atoms with Crippen LogP contribution in [-0.2, 0) is 0 Å². The quantitative estimate of drug-likeness (QED) is 0.857. The normalized spacial score (nSPS) is 25.2. The summed E-state index contributed by atoms with van der Waals surface area (Å²) in [5, 5.41) is 0. The topological polar surface area (TPSA) is 38.5 Å². The Morgan fingerprint density at radius 2 is 2.00 bits per heavy atom. The fraction of sp³-hybridized carbons (Fsp3) is 0.647. The fourth-order valence-electron chi connectivity index (χ4n) is 3.90. The zero-order chi connectivity index (χ0) is 15.0. The molecule has 2 aliphatic rings. The summed E-state index contributed by atoms with van der Waals surface area (Å²) < 4.78 is 19.6. The first-order valence-electron chi connectivity index (χ1n) is 8.08. The summed E-state index contributed by atoms with van der Waals surface area (Å²) in [7, 11) is 0. The van der Waals surface area contributed by atoms with E-state index in [1.54, 1.807) is 6.07 Å². The van der Waals surface area contributed by atoms with Gasteiger partial charge < -0.3 is 15.4 Å². The molecule has 116 valence electrons. The first kappa shape index (κ1) is 14.5. The van der Waals surface area contributed by atoms with E-state index in [-0.39, 0.29) is 11.9 Å². The number of rotatable bonds is 3. The highest BCUT2D eigenvalue weighted by Crippen LogP contribution is 2.42. The lowest BCUT2D eigenvalue weighted by Gasteiger charge is -2.40. The summed E-state index contributed by atoms with van der Waals surface area (Å²) in [6.45, 7) is 4.82. The fourth-order valence-corrected chi connectivity index (χ4v) is 3.90. The minimum Gasteiger partial charge on any atom is -0.488 e. The number of ether oxygens (including phenoxy) is 1. The Bertz CT molecular complexity index is 518. The molecule has 3 rings (SSSR count). The van der Waals surface area contributed by atoms with Crippen LogP contribution in [0.1, 0.15) is 46.0 Å². The molecular weight excluding hydrogens is 267 g/mol. The first-order valence-corrected chi connectivity index (χ1v) is 8.08. The molecule has 0 amide bonds. The second-order valence-corrected chi connectivity index (χ2v) is 6.60. The van der Waals surface area contributed by atoms with Crippen LogP contribution in [0.15, 0.2) is 12.1 Å². The van der Waals surface area contributed by atoms with Crippen molar-refractivity contribution in [2.45, 2.75) is 58.1 Å². The zero-order valence-electron chi connectivity index (χ0n) is 12.9. The molecule has 2 N–H and O–H groups in total. The molecule has 1 heterocycles. The zero-order valence-corrected chi connectivity index (χ0v) is 12.9. The maximum absolute atomic E-state index is 14.0. The van der Waals surface area contributed by atoms with Crippen molar-refractivity contribution in [2.24, 2.45) is 5.92 Å². The molecule has 1 saturated carbocycles. The molecule has 1 aromatic rings. The molecule has 4 heteroatoms. The van der Waals surface area contributed by atoms with E-state index in [4.69, 9.17) is 10.5 Å². The molecule has 0 aromatic heterocycles. The van der Waals surface area contributed by atoms with Gasteiger partial charge in [-0.2, -0.15) is 0 Å². The van der Waals surface area contributed by atoms with Crippen molar-refractivity contribution in [3.05, 3.63) is 17.9 Å². The Labute approximate surface area is 126 Å². The van der Waals surface area contributed by atoms with Gasteiger partial charge in [0.25, 0.3) is 0 Å². The van der Waals surface area contributed by atoms with Crippen LogP contribution in [0, 0.1) is 11.7 Å². The predicted molar refractivity (Wildman–Crippen MR) is 84.3 cm³/mol. The summed E-state index contributed by atoms with van der Waals surface area (Å²) in [6.07, 6.45) is 6.30. The van der Waals surface area contributed by atoms with Gasteiger partial charge in [-0.1, -0.05) is 6.42 Å². The van der Waals surface area contributed by atoms with Crippen molar-refractivity contribution >= 4 is 11.4 Å². The minimum atomic E-state index is -0.370. The predicted octanol–water partition coefficient (Wildman–Crippen LogP) is 3.96. The molecule has 1 aliphatic heterocycles. The van der Waals surface area contributed by atoms with Gasteiger partial charge in [0, 0.05) is 24.7 Å². The van der Waals surface area contributed by atoms with Crippen molar-refractivity contribution < 1.29 is 9.13 Å². The van der Waals surface area contributed by atoms with Crippen molar-refractivity contribution in [2.75, 3.05) is 17.2 Å². The van der Waals surface area contributed by atoms with Crippen LogP contribution >= 0.6 is 0 Å². The SMILES string of the molecule is CC(C)Oc1cc(N2CCCC3CCCC32)c(N)cc1F. The third-order valence-electron chi connectivity index (χ3n) is 4.75. The number of hydrogen-bond acceptors (Lipinski definition) is 3. The second kappa shape index (κ2) is 5.74. The molecule has 0 spiro atoms. The monoisotopic (exact) mass is 292 g/mol. The summed E-state index contributed by atoms with van der Waals surface area (Å²) in [5.74, 6) is 0.719. The maximum atomic E-state index is 14.0. The number of hydrogen-bond donors (Lipinski definition) is 1. The smallest absolute Gasteiger partial charge is 0.167 e. The Balaban J connectivity index is 1.93. The van der Waals surface area contributed by atoms with Gasteiger partial charge in [0.15, 0.2) is 11.6 Å². The molecule has 3 nitrogen and oxygen atoms in total. The standard InChI is InChI=1S/C17H25FN2O/c1-11(2)21-17-10-16(14(19)9-13(17)18)20-8-4-6-12-5-3-7-15(12)20/h9-12,15H,3-8,19H2,1-2H3. The maximum Gasteiger partial charge on any atom is 0.167 e. The average Bonchev–Trinajstić information content (AvgIpc) is 2.90. The number of benzene rings is 1. The largest absolute Gasteiger partial charge is 0.488 e. The molecule has 2 fully saturated rings. The Morgan fingerprint density at radius 1 is 1.24 bits per heavy atom. The minimum absolute atomic E-state index is 0.0449. The summed E-state index contributed by atoms with van der Waals surface area (Å²) in [5.41, 5.74) is 7.57. The van der Waals surface area contributed by atoms with Gasteiger partial charge in [-0.15, -0.1) is 0 Å². The van der Waals surface area contributed by atoms with Crippen LogP contribution < -0.4 is 15.4 Å². The second-order valence-electron chi connectivity index (χ2n) is 6.60. The molecule has 0 bridgehead atoms. The van der Waals surface area contributed by atoms with Crippen LogP contribution in [0.25, 0.3) is 0 Å². The van der Waals surface area contributed by atoms with Gasteiger partial charge >= 0.3 is 0 Å². The molecule has 0 radical (unpaired) electrons. The Kier molecular flexibility index (Phi) is 3.96. The Hall–Kier alpha value is -1.45. The lowest BCUT2D eigenvalue weighted by atomic mass is 9.91. The van der Waals surface area contributed by atoms with E-state index in [9.17, 15) is 4.39 Å². The molecule has 2 atom stereocenters. The highest BCUT2D eigenvalue weighted by Gasteiger charge is 2.36. The molecule has 21 heavy (non-hydrogen) atoms. The molecule has 1 aliphatic carbocycles. The highest BCUT2D eigenvalue weighted by molar-refractivity contribution is 5.70. The lowest BCUT2D eigenvalue weighted by molar-refractivity contribution is 0.231. The van der Waals surface area contributed by atoms with Crippen LogP contribution in [0.4, 0.5) is 15.8 Å². The van der Waals surface area contributed by atoms with Gasteiger partial charge in [0.05, 0.1) is 17.5 Å². The average molecular weight is 292 g/mol. The van der Waals surface area contributed by atoms with Gasteiger partial charge in [0.2, 0.25) is 0 Å². The number of halogens is 1. The molecular formula is C17H25FN2O. The number of nitrogens with two attached hydrogens (primary N) is 1. The third kappa shape index (κ3) is 2.81. The molecule has 1 saturated heterocycles. The van der Waals surface area contributed by atoms with E-state index in [0.717, 1.165) is 18.2 Å². The van der Waals surface area contributed by atoms with Crippen molar-refractivity contribution in [3.63, 3.8) is 0 Å². The summed E-state index contributed by atoms with van der Waals surface area (Å²) >= 11 is 0. The van der Waals surface area contributed by atoms with E-state index in [2.05, 4.69) is 4.90 Å². The van der Waals surface area contributed by atoms with Crippen molar-refractivity contribution in [1.29, 1.82) is 0 Å². The highest BCUT2D eigenvalue weighted by atomic mass is 19.1. The van der Waals surface area contributed by atoms with Crippen LogP contribution in [0.3, 0.4) is 0 Å². The number of piperidine rings is 1. The van der Waals surface area contributed by atoms with E-state index in [1.165, 1.54) is 38.2 Å². The van der Waals surface area contributed by atoms with Crippen molar-refractivity contribution in [3.8, 4) is 5.75 Å². The van der Waals surface area contributed by atoms with Gasteiger partial charge in [-0.25, -0.2) is 4.39 Å². The van der Waals surface area contributed by atoms with E-state index >= 15 is 0 Å². The molecule has 1 aromatic carbocycles. The Morgan fingerprint density at radius 3 is 2.76 bits per heavy atom. The third-order valence-corrected chi connectivity index (χ3v) is 4.75.